The van der Waals surface area contributed by atoms with Crippen molar-refractivity contribution in [2.24, 2.45) is 0 Å². The van der Waals surface area contributed by atoms with Crippen LogP contribution in [0.5, 0.6) is 0 Å². The van der Waals surface area contributed by atoms with Gasteiger partial charge in [-0.1, -0.05) is 0 Å². The molecule has 1 aliphatic rings. The molecule has 0 unspecified atom stereocenters. The van der Waals surface area contributed by atoms with Crippen molar-refractivity contribution in [3.8, 4) is 0 Å². The van der Waals surface area contributed by atoms with Crippen LogP contribution in [-0.2, 0) is 14.3 Å². The van der Waals surface area contributed by atoms with Gasteiger partial charge in [-0.3, -0.25) is 9.59 Å². The lowest BCUT2D eigenvalue weighted by atomic mass is 10.2. The molecule has 0 aliphatic carbocycles. The summed E-state index contributed by atoms with van der Waals surface area (Å²) in [5.41, 5.74) is 0. The molecule has 0 bridgehead atoms. The molecule has 0 radical (unpaired) electrons. The molecule has 1 fully saturated rings. The lowest BCUT2D eigenvalue weighted by Gasteiger charge is -2.36. The van der Waals surface area contributed by atoms with Gasteiger partial charge in [-0.05, 0) is 0 Å². The predicted octanol–water partition coefficient (Wildman–Crippen LogP) is -0.553. The number of ether oxygens (including phenoxy) is 1. The molecule has 1 rings (SSSR count). The number of hydrogen-bond acceptors (Lipinski definition) is 4. The van der Waals surface area contributed by atoms with E-state index in [1.54, 1.807) is 0 Å². The van der Waals surface area contributed by atoms with Crippen molar-refractivity contribution < 1.29 is 19.1 Å². The Labute approximate surface area is 74.8 Å². The summed E-state index contributed by atoms with van der Waals surface area (Å²) in [6.45, 7) is 1.23. The Morgan fingerprint density at radius 2 is 2.23 bits per heavy atom. The molecule has 0 aromatic carbocycles. The number of rotatable bonds is 1. The Kier molecular flexibility index (Phi) is 2.50. The molecule has 3 amide bonds. The zero-order valence-electron chi connectivity index (χ0n) is 7.36. The van der Waals surface area contributed by atoms with Gasteiger partial charge in [0.05, 0.1) is 6.42 Å². The van der Waals surface area contributed by atoms with E-state index in [0.717, 1.165) is 4.90 Å². The summed E-state index contributed by atoms with van der Waals surface area (Å²) >= 11 is 0. The average Bonchev–Trinajstić information content (AvgIpc) is 2.02. The highest BCUT2D eigenvalue weighted by Gasteiger charge is 2.42. The highest BCUT2D eigenvalue weighted by atomic mass is 16.6. The zero-order valence-corrected chi connectivity index (χ0v) is 7.36. The highest BCUT2D eigenvalue weighted by molar-refractivity contribution is 5.99. The predicted molar refractivity (Wildman–Crippen MR) is 41.5 cm³/mol. The second-order valence-electron chi connectivity index (χ2n) is 2.59. The second kappa shape index (κ2) is 3.42. The molecule has 1 saturated heterocycles. The van der Waals surface area contributed by atoms with E-state index in [-0.39, 0.29) is 12.3 Å². The SMILES string of the molecule is CNC(=O)N1C(=O)C[C@H]1OC(C)=O. The van der Waals surface area contributed by atoms with Crippen molar-refractivity contribution in [1.82, 2.24) is 10.2 Å². The van der Waals surface area contributed by atoms with Crippen LogP contribution >= 0.6 is 0 Å². The summed E-state index contributed by atoms with van der Waals surface area (Å²) in [6, 6.07) is -0.553. The van der Waals surface area contributed by atoms with Gasteiger partial charge >= 0.3 is 12.0 Å². The third kappa shape index (κ3) is 1.77. The lowest BCUT2D eigenvalue weighted by Crippen LogP contribution is -2.59. The van der Waals surface area contributed by atoms with Gasteiger partial charge in [0.25, 0.3) is 0 Å². The van der Waals surface area contributed by atoms with Crippen molar-refractivity contribution in [3.05, 3.63) is 0 Å². The topological polar surface area (TPSA) is 75.7 Å². The Bertz CT molecular complexity index is 263. The van der Waals surface area contributed by atoms with E-state index >= 15 is 0 Å². The number of urea groups is 1. The Balaban J connectivity index is 2.56. The van der Waals surface area contributed by atoms with Gasteiger partial charge in [-0.25, -0.2) is 9.69 Å². The van der Waals surface area contributed by atoms with E-state index in [0.29, 0.717) is 0 Å². The van der Waals surface area contributed by atoms with Crippen LogP contribution in [0.3, 0.4) is 0 Å². The second-order valence-corrected chi connectivity index (χ2v) is 2.59. The Morgan fingerprint density at radius 1 is 1.62 bits per heavy atom. The van der Waals surface area contributed by atoms with Gasteiger partial charge in [0, 0.05) is 14.0 Å². The van der Waals surface area contributed by atoms with Gasteiger partial charge in [0.15, 0.2) is 6.23 Å². The number of likely N-dealkylation sites (tertiary alicyclic amines) is 1. The first-order chi connectivity index (χ1) is 6.06. The number of carbonyl (C=O) groups is 3. The first-order valence-electron chi connectivity index (χ1n) is 3.77. The van der Waals surface area contributed by atoms with Crippen LogP contribution in [0.1, 0.15) is 13.3 Å². The summed E-state index contributed by atoms with van der Waals surface area (Å²) < 4.78 is 4.70. The van der Waals surface area contributed by atoms with Crippen LogP contribution < -0.4 is 5.32 Å². The number of nitrogens with one attached hydrogen (secondary N) is 1. The molecular weight excluding hydrogens is 176 g/mol. The molecule has 0 spiro atoms. The Hall–Kier alpha value is -1.59. The van der Waals surface area contributed by atoms with Crippen molar-refractivity contribution >= 4 is 17.9 Å². The highest BCUT2D eigenvalue weighted by Crippen LogP contribution is 2.20. The quantitative estimate of drug-likeness (QED) is 0.440. The maximum atomic E-state index is 11.0. The van der Waals surface area contributed by atoms with Crippen LogP contribution in [-0.4, -0.2) is 36.1 Å². The van der Waals surface area contributed by atoms with Crippen LogP contribution in [0.4, 0.5) is 4.79 Å². The average molecular weight is 186 g/mol. The summed E-state index contributed by atoms with van der Waals surface area (Å²) in [4.78, 5) is 33.3. The van der Waals surface area contributed by atoms with Gasteiger partial charge in [0.1, 0.15) is 0 Å². The number of β-lactam (4-membered cyclic amide) rings is 1. The number of nitrogens with zero attached hydrogens (tertiary/aromatic N) is 1. The molecule has 13 heavy (non-hydrogen) atoms. The molecule has 72 valence electrons. The fourth-order valence-electron chi connectivity index (χ4n) is 1.04. The van der Waals surface area contributed by atoms with Crippen molar-refractivity contribution in [2.75, 3.05) is 7.05 Å². The number of amides is 3. The third-order valence-electron chi connectivity index (χ3n) is 1.64. The number of carbonyl (C=O) groups excluding carboxylic acids is 3. The van der Waals surface area contributed by atoms with Crippen molar-refractivity contribution in [3.63, 3.8) is 0 Å². The first kappa shape index (κ1) is 9.50. The van der Waals surface area contributed by atoms with E-state index in [1.165, 1.54) is 14.0 Å². The number of esters is 1. The molecule has 1 heterocycles. The maximum Gasteiger partial charge on any atom is 0.326 e. The fourth-order valence-corrected chi connectivity index (χ4v) is 1.04. The van der Waals surface area contributed by atoms with Crippen LogP contribution in [0.15, 0.2) is 0 Å². The van der Waals surface area contributed by atoms with E-state index in [2.05, 4.69) is 5.32 Å². The molecule has 6 nitrogen and oxygen atoms in total. The van der Waals surface area contributed by atoms with E-state index in [1.807, 2.05) is 0 Å². The molecule has 1 aliphatic heterocycles. The van der Waals surface area contributed by atoms with Crippen LogP contribution in [0.2, 0.25) is 0 Å². The minimum Gasteiger partial charge on any atom is -0.441 e. The van der Waals surface area contributed by atoms with E-state index < -0.39 is 18.2 Å². The molecule has 0 saturated carbocycles. The minimum atomic E-state index is -0.732. The molecular formula is C7H10N2O4. The normalized spacial score (nSPS) is 20.6. The molecule has 1 N–H and O–H groups in total. The van der Waals surface area contributed by atoms with Gasteiger partial charge in [-0.2, -0.15) is 0 Å². The summed E-state index contributed by atoms with van der Waals surface area (Å²) in [5, 5.41) is 2.28. The summed E-state index contributed by atoms with van der Waals surface area (Å²) in [6.07, 6.45) is -0.655. The zero-order chi connectivity index (χ0) is 10.0. The largest absolute Gasteiger partial charge is 0.441 e. The lowest BCUT2D eigenvalue weighted by molar-refractivity contribution is -0.174. The first-order valence-corrected chi connectivity index (χ1v) is 3.77. The molecule has 1 atom stereocenters. The van der Waals surface area contributed by atoms with Crippen molar-refractivity contribution in [1.29, 1.82) is 0 Å². The standard InChI is InChI=1S/C7H10N2O4/c1-4(10)13-6-3-5(11)9(6)7(12)8-2/h6H,3H2,1-2H3,(H,8,12)/t6-/m1/s1. The fraction of sp³-hybridized carbons (Fsp3) is 0.571. The molecule has 6 heteroatoms. The number of hydrogen-bond donors (Lipinski definition) is 1. The smallest absolute Gasteiger partial charge is 0.326 e. The number of imide groups is 1. The summed E-state index contributed by atoms with van der Waals surface area (Å²) in [7, 11) is 1.40. The van der Waals surface area contributed by atoms with Gasteiger partial charge in [0.2, 0.25) is 5.91 Å². The molecule has 0 aromatic rings. The van der Waals surface area contributed by atoms with Crippen LogP contribution in [0, 0.1) is 0 Å². The van der Waals surface area contributed by atoms with Gasteiger partial charge in [-0.15, -0.1) is 0 Å². The monoisotopic (exact) mass is 186 g/mol. The Morgan fingerprint density at radius 3 is 2.62 bits per heavy atom. The third-order valence-corrected chi connectivity index (χ3v) is 1.64. The minimum absolute atomic E-state index is 0.0764. The summed E-state index contributed by atoms with van der Waals surface area (Å²) in [5.74, 6) is -0.850. The molecule has 0 aromatic heterocycles. The van der Waals surface area contributed by atoms with Gasteiger partial charge < -0.3 is 10.1 Å². The van der Waals surface area contributed by atoms with Crippen molar-refractivity contribution in [2.45, 2.75) is 19.6 Å². The van der Waals surface area contributed by atoms with E-state index in [9.17, 15) is 14.4 Å². The van der Waals surface area contributed by atoms with E-state index in [4.69, 9.17) is 4.74 Å². The van der Waals surface area contributed by atoms with Crippen LogP contribution in [0.25, 0.3) is 0 Å². The maximum absolute atomic E-state index is 11.0.